The van der Waals surface area contributed by atoms with Gasteiger partial charge in [-0.1, -0.05) is 30.9 Å². The highest BCUT2D eigenvalue weighted by atomic mass is 35.5. The smallest absolute Gasteiger partial charge is 0.0634 e. The van der Waals surface area contributed by atoms with Crippen LogP contribution in [0.1, 0.15) is 37.8 Å². The lowest BCUT2D eigenvalue weighted by atomic mass is 9.96. The van der Waals surface area contributed by atoms with Crippen LogP contribution in [0, 0.1) is 0 Å². The maximum absolute atomic E-state index is 5.94. The Balaban J connectivity index is 1.79. The van der Waals surface area contributed by atoms with Crippen LogP contribution in [0.25, 0.3) is 5.69 Å². The van der Waals surface area contributed by atoms with Crippen LogP contribution in [-0.2, 0) is 0 Å². The van der Waals surface area contributed by atoms with Crippen molar-refractivity contribution in [3.63, 3.8) is 0 Å². The standard InChI is InChI=1S/C17H19ClN2/c18-14-8-10-16(11-9-14)20-12-4-7-17(20)13-19-15-5-2-1-3-6-15/h4,7-13,15H,1-3,5-6H2. The third kappa shape index (κ3) is 3.13. The molecule has 1 aliphatic carbocycles. The summed E-state index contributed by atoms with van der Waals surface area (Å²) in [5.74, 6) is 0. The van der Waals surface area contributed by atoms with Crippen molar-refractivity contribution in [3.05, 3.63) is 53.3 Å². The predicted molar refractivity (Wildman–Crippen MR) is 85.2 cm³/mol. The van der Waals surface area contributed by atoms with Gasteiger partial charge in [0.2, 0.25) is 0 Å². The molecule has 1 aromatic heterocycles. The lowest BCUT2D eigenvalue weighted by molar-refractivity contribution is 0.444. The molecule has 1 aromatic carbocycles. The van der Waals surface area contributed by atoms with Crippen molar-refractivity contribution < 1.29 is 0 Å². The number of halogens is 1. The van der Waals surface area contributed by atoms with Crippen molar-refractivity contribution in [2.75, 3.05) is 0 Å². The maximum atomic E-state index is 5.94. The van der Waals surface area contributed by atoms with Crippen LogP contribution in [0.5, 0.6) is 0 Å². The van der Waals surface area contributed by atoms with Crippen molar-refractivity contribution in [3.8, 4) is 5.69 Å². The topological polar surface area (TPSA) is 17.3 Å². The molecule has 20 heavy (non-hydrogen) atoms. The van der Waals surface area contributed by atoms with Crippen molar-refractivity contribution in [2.45, 2.75) is 38.1 Å². The minimum Gasteiger partial charge on any atom is -0.316 e. The summed E-state index contributed by atoms with van der Waals surface area (Å²) in [6.45, 7) is 0. The summed E-state index contributed by atoms with van der Waals surface area (Å²) >= 11 is 5.94. The SMILES string of the molecule is Clc1ccc(-n2cccc2C=NC2CCCCC2)cc1. The third-order valence-electron chi connectivity index (χ3n) is 3.88. The normalized spacial score (nSPS) is 16.9. The summed E-state index contributed by atoms with van der Waals surface area (Å²) in [5, 5.41) is 0.762. The summed E-state index contributed by atoms with van der Waals surface area (Å²) in [6, 6.07) is 12.5. The minimum atomic E-state index is 0.511. The molecule has 0 saturated heterocycles. The average molecular weight is 287 g/mol. The van der Waals surface area contributed by atoms with Gasteiger partial charge < -0.3 is 4.57 Å². The van der Waals surface area contributed by atoms with Crippen LogP contribution in [0.2, 0.25) is 5.02 Å². The third-order valence-corrected chi connectivity index (χ3v) is 4.13. The molecule has 0 N–H and O–H groups in total. The van der Waals surface area contributed by atoms with Gasteiger partial charge in [0.05, 0.1) is 11.7 Å². The Labute approximate surface area is 125 Å². The van der Waals surface area contributed by atoms with Gasteiger partial charge in [0.25, 0.3) is 0 Å². The fourth-order valence-corrected chi connectivity index (χ4v) is 2.87. The first-order valence-corrected chi connectivity index (χ1v) is 7.67. The lowest BCUT2D eigenvalue weighted by Gasteiger charge is -2.17. The van der Waals surface area contributed by atoms with Gasteiger partial charge in [0.1, 0.15) is 0 Å². The second-order valence-electron chi connectivity index (χ2n) is 5.35. The zero-order chi connectivity index (χ0) is 13.8. The van der Waals surface area contributed by atoms with Gasteiger partial charge in [-0.15, -0.1) is 0 Å². The summed E-state index contributed by atoms with van der Waals surface area (Å²) in [6.07, 6.45) is 10.6. The fraction of sp³-hybridized carbons (Fsp3) is 0.353. The highest BCUT2D eigenvalue weighted by Gasteiger charge is 2.11. The molecule has 1 saturated carbocycles. The zero-order valence-corrected chi connectivity index (χ0v) is 12.3. The van der Waals surface area contributed by atoms with E-state index in [-0.39, 0.29) is 0 Å². The Morgan fingerprint density at radius 1 is 1.05 bits per heavy atom. The molecule has 1 aliphatic rings. The predicted octanol–water partition coefficient (Wildman–Crippen LogP) is 4.88. The van der Waals surface area contributed by atoms with Crippen LogP contribution < -0.4 is 0 Å². The number of aromatic nitrogens is 1. The van der Waals surface area contributed by atoms with Crippen LogP contribution in [-0.4, -0.2) is 16.8 Å². The van der Waals surface area contributed by atoms with E-state index in [1.165, 1.54) is 32.1 Å². The average Bonchev–Trinajstić information content (AvgIpc) is 2.95. The molecule has 0 atom stereocenters. The van der Waals surface area contributed by atoms with Gasteiger partial charge in [0, 0.05) is 23.1 Å². The zero-order valence-electron chi connectivity index (χ0n) is 11.5. The maximum Gasteiger partial charge on any atom is 0.0634 e. The van der Waals surface area contributed by atoms with E-state index in [1.54, 1.807) is 0 Å². The summed E-state index contributed by atoms with van der Waals surface area (Å²) in [7, 11) is 0. The molecular weight excluding hydrogens is 268 g/mol. The number of benzene rings is 1. The molecule has 2 aromatic rings. The molecule has 1 heterocycles. The Morgan fingerprint density at radius 3 is 2.55 bits per heavy atom. The highest BCUT2D eigenvalue weighted by molar-refractivity contribution is 6.30. The van der Waals surface area contributed by atoms with Crippen molar-refractivity contribution in [1.82, 2.24) is 4.57 Å². The number of nitrogens with zero attached hydrogens (tertiary/aromatic N) is 2. The van der Waals surface area contributed by atoms with E-state index in [0.717, 1.165) is 16.4 Å². The van der Waals surface area contributed by atoms with E-state index in [9.17, 15) is 0 Å². The monoisotopic (exact) mass is 286 g/mol. The molecule has 0 unspecified atom stereocenters. The second-order valence-corrected chi connectivity index (χ2v) is 5.79. The summed E-state index contributed by atoms with van der Waals surface area (Å²) < 4.78 is 2.14. The van der Waals surface area contributed by atoms with Gasteiger partial charge in [-0.2, -0.15) is 0 Å². The molecule has 0 bridgehead atoms. The Morgan fingerprint density at radius 2 is 1.80 bits per heavy atom. The molecule has 3 heteroatoms. The first-order chi connectivity index (χ1) is 9.83. The molecule has 0 aliphatic heterocycles. The Hall–Kier alpha value is -1.54. The van der Waals surface area contributed by atoms with E-state index in [1.807, 2.05) is 30.5 Å². The van der Waals surface area contributed by atoms with E-state index in [0.29, 0.717) is 6.04 Å². The van der Waals surface area contributed by atoms with E-state index >= 15 is 0 Å². The van der Waals surface area contributed by atoms with E-state index in [4.69, 9.17) is 16.6 Å². The van der Waals surface area contributed by atoms with Crippen molar-refractivity contribution in [2.24, 2.45) is 4.99 Å². The van der Waals surface area contributed by atoms with Crippen molar-refractivity contribution in [1.29, 1.82) is 0 Å². The number of hydrogen-bond acceptors (Lipinski definition) is 1. The number of aliphatic imine (C=N–C) groups is 1. The molecule has 0 amide bonds. The molecule has 104 valence electrons. The van der Waals surface area contributed by atoms with Crippen LogP contribution >= 0.6 is 11.6 Å². The van der Waals surface area contributed by atoms with E-state index < -0.39 is 0 Å². The number of hydrogen-bond donors (Lipinski definition) is 0. The van der Waals surface area contributed by atoms with Gasteiger partial charge in [-0.3, -0.25) is 4.99 Å². The molecule has 1 fully saturated rings. The molecule has 3 rings (SSSR count). The lowest BCUT2D eigenvalue weighted by Crippen LogP contribution is -2.10. The molecule has 0 radical (unpaired) electrons. The minimum absolute atomic E-state index is 0.511. The first-order valence-electron chi connectivity index (χ1n) is 7.29. The summed E-state index contributed by atoms with van der Waals surface area (Å²) in [5.41, 5.74) is 2.24. The van der Waals surface area contributed by atoms with Crippen molar-refractivity contribution >= 4 is 17.8 Å². The van der Waals surface area contributed by atoms with Crippen LogP contribution in [0.4, 0.5) is 0 Å². The summed E-state index contributed by atoms with van der Waals surface area (Å²) in [4.78, 5) is 4.76. The Kier molecular flexibility index (Phi) is 4.22. The fourth-order valence-electron chi connectivity index (χ4n) is 2.75. The second kappa shape index (κ2) is 6.27. The van der Waals surface area contributed by atoms with Gasteiger partial charge in [-0.05, 0) is 49.2 Å². The first kappa shape index (κ1) is 13.4. The van der Waals surface area contributed by atoms with Crippen LogP contribution in [0.15, 0.2) is 47.6 Å². The highest BCUT2D eigenvalue weighted by Crippen LogP contribution is 2.20. The van der Waals surface area contributed by atoms with Gasteiger partial charge in [-0.25, -0.2) is 0 Å². The van der Waals surface area contributed by atoms with Gasteiger partial charge >= 0.3 is 0 Å². The quantitative estimate of drug-likeness (QED) is 0.716. The van der Waals surface area contributed by atoms with E-state index in [2.05, 4.69) is 22.9 Å². The number of rotatable bonds is 3. The Bertz CT molecular complexity index is 577. The largest absolute Gasteiger partial charge is 0.316 e. The molecular formula is C17H19ClN2. The molecule has 0 spiro atoms. The van der Waals surface area contributed by atoms with Gasteiger partial charge in [0.15, 0.2) is 0 Å². The molecule has 2 nitrogen and oxygen atoms in total. The van der Waals surface area contributed by atoms with Crippen LogP contribution in [0.3, 0.4) is 0 Å².